The van der Waals surface area contributed by atoms with Crippen molar-refractivity contribution in [1.29, 1.82) is 0 Å². The van der Waals surface area contributed by atoms with Gasteiger partial charge in [-0.2, -0.15) is 0 Å². The minimum Gasteiger partial charge on any atom is -0.466 e. The number of hydrogen-bond acceptors (Lipinski definition) is 5. The van der Waals surface area contributed by atoms with E-state index in [1.54, 1.807) is 0 Å². The van der Waals surface area contributed by atoms with E-state index in [2.05, 4.69) is 31.3 Å². The Bertz CT molecular complexity index is 955. The number of carbonyl (C=O) groups excluding carboxylic acids is 2. The molecule has 0 aromatic heterocycles. The number of hydrogen-bond donors (Lipinski definition) is 3. The Kier molecular flexibility index (Phi) is 53.0. The number of nitrogens with one attached hydrogen (secondary N) is 1. The molecule has 1 amide bonds. The maximum Gasteiger partial charge on any atom is 0.305 e. The second kappa shape index (κ2) is 54.2. The van der Waals surface area contributed by atoms with Crippen LogP contribution in [0, 0.1) is 0 Å². The van der Waals surface area contributed by atoms with Gasteiger partial charge >= 0.3 is 5.97 Å². The average molecular weight is 905 g/mol. The largest absolute Gasteiger partial charge is 0.466 e. The summed E-state index contributed by atoms with van der Waals surface area (Å²) in [5.74, 6) is -0.0336. The zero-order valence-corrected chi connectivity index (χ0v) is 43.3. The molecule has 380 valence electrons. The van der Waals surface area contributed by atoms with Crippen LogP contribution in [0.3, 0.4) is 0 Å². The molecule has 0 aliphatic heterocycles. The second-order valence-corrected chi connectivity index (χ2v) is 20.0. The summed E-state index contributed by atoms with van der Waals surface area (Å²) in [4.78, 5) is 24.5. The molecule has 0 aliphatic rings. The van der Waals surface area contributed by atoms with Crippen LogP contribution in [0.15, 0.2) is 12.2 Å². The molecule has 0 aromatic rings. The van der Waals surface area contributed by atoms with Crippen molar-refractivity contribution in [2.24, 2.45) is 0 Å². The number of ether oxygens (including phenoxy) is 1. The predicted octanol–water partition coefficient (Wildman–Crippen LogP) is 17.7. The monoisotopic (exact) mass is 904 g/mol. The first-order chi connectivity index (χ1) is 31.5. The molecule has 0 aromatic carbocycles. The van der Waals surface area contributed by atoms with Crippen molar-refractivity contribution in [3.63, 3.8) is 0 Å². The fraction of sp³-hybridized carbons (Fsp3) is 0.931. The zero-order chi connectivity index (χ0) is 46.5. The molecule has 0 saturated heterocycles. The molecule has 2 unspecified atom stereocenters. The van der Waals surface area contributed by atoms with E-state index in [4.69, 9.17) is 4.74 Å². The van der Waals surface area contributed by atoms with Gasteiger partial charge in [-0.3, -0.25) is 9.59 Å². The molecule has 0 radical (unpaired) electrons. The maximum atomic E-state index is 12.5. The van der Waals surface area contributed by atoms with Gasteiger partial charge < -0.3 is 20.3 Å². The average Bonchev–Trinajstić information content (AvgIpc) is 3.29. The van der Waals surface area contributed by atoms with E-state index in [1.807, 2.05) is 0 Å². The summed E-state index contributed by atoms with van der Waals surface area (Å²) >= 11 is 0. The topological polar surface area (TPSA) is 95.9 Å². The summed E-state index contributed by atoms with van der Waals surface area (Å²) in [5.41, 5.74) is 0. The van der Waals surface area contributed by atoms with E-state index in [1.165, 1.54) is 250 Å². The molecule has 6 heteroatoms. The molecule has 0 aliphatic carbocycles. The van der Waals surface area contributed by atoms with E-state index >= 15 is 0 Å². The lowest BCUT2D eigenvalue weighted by Crippen LogP contribution is -2.45. The highest BCUT2D eigenvalue weighted by Crippen LogP contribution is 2.17. The highest BCUT2D eigenvalue weighted by Gasteiger charge is 2.20. The van der Waals surface area contributed by atoms with Gasteiger partial charge in [0.1, 0.15) is 0 Å². The number of carbonyl (C=O) groups is 2. The second-order valence-electron chi connectivity index (χ2n) is 20.0. The Labute approximate surface area is 399 Å². The van der Waals surface area contributed by atoms with Crippen LogP contribution in [0.5, 0.6) is 0 Å². The first-order valence-corrected chi connectivity index (χ1v) is 28.9. The normalized spacial score (nSPS) is 12.6. The minimum absolute atomic E-state index is 0.00890. The standard InChI is InChI=1S/C58H113NO5/c1-3-5-7-9-11-13-15-17-28-32-36-40-44-48-52-58(63)64-53-49-45-41-37-33-29-25-23-21-19-18-20-22-24-27-31-35-39-43-47-51-57(62)59-55(54-60)56(61)50-46-42-38-34-30-26-16-14-12-10-8-6-4-2/h18,20,55-56,60-61H,3-17,19,21-54H2,1-2H3,(H,59,62)/b20-18-. The molecular weight excluding hydrogens is 791 g/mol. The Hall–Kier alpha value is -1.40. The molecular formula is C58H113NO5. The smallest absolute Gasteiger partial charge is 0.305 e. The first-order valence-electron chi connectivity index (χ1n) is 28.9. The molecule has 0 saturated carbocycles. The van der Waals surface area contributed by atoms with Crippen LogP contribution in [0.1, 0.15) is 322 Å². The summed E-state index contributed by atoms with van der Waals surface area (Å²) in [6, 6.07) is -0.546. The predicted molar refractivity (Wildman–Crippen MR) is 278 cm³/mol. The Balaban J connectivity index is 3.41. The Morgan fingerprint density at radius 3 is 1.11 bits per heavy atom. The maximum absolute atomic E-state index is 12.5. The summed E-state index contributed by atoms with van der Waals surface area (Å²) < 4.78 is 5.48. The van der Waals surface area contributed by atoms with E-state index in [9.17, 15) is 19.8 Å². The van der Waals surface area contributed by atoms with Crippen molar-refractivity contribution in [3.05, 3.63) is 12.2 Å². The molecule has 0 fully saturated rings. The van der Waals surface area contributed by atoms with Crippen LogP contribution in [0.25, 0.3) is 0 Å². The van der Waals surface area contributed by atoms with Crippen molar-refractivity contribution in [1.82, 2.24) is 5.32 Å². The van der Waals surface area contributed by atoms with Crippen molar-refractivity contribution < 1.29 is 24.5 Å². The van der Waals surface area contributed by atoms with Gasteiger partial charge in [0.15, 0.2) is 0 Å². The van der Waals surface area contributed by atoms with Crippen LogP contribution in [-0.2, 0) is 14.3 Å². The van der Waals surface area contributed by atoms with Crippen LogP contribution >= 0.6 is 0 Å². The summed E-state index contributed by atoms with van der Waals surface area (Å²) in [5, 5.41) is 23.2. The van der Waals surface area contributed by atoms with Gasteiger partial charge in [0.2, 0.25) is 5.91 Å². The third-order valence-electron chi connectivity index (χ3n) is 13.6. The van der Waals surface area contributed by atoms with Gasteiger partial charge in [-0.25, -0.2) is 0 Å². The molecule has 6 nitrogen and oxygen atoms in total. The molecule has 0 heterocycles. The molecule has 0 spiro atoms. The number of esters is 1. The number of unbranched alkanes of at least 4 members (excludes halogenated alkanes) is 41. The first kappa shape index (κ1) is 62.6. The van der Waals surface area contributed by atoms with Gasteiger partial charge in [-0.05, 0) is 51.4 Å². The molecule has 64 heavy (non-hydrogen) atoms. The zero-order valence-electron chi connectivity index (χ0n) is 43.3. The quantitative estimate of drug-likeness (QED) is 0.0321. The van der Waals surface area contributed by atoms with Crippen molar-refractivity contribution >= 4 is 11.9 Å². The lowest BCUT2D eigenvalue weighted by Gasteiger charge is -2.22. The molecule has 0 bridgehead atoms. The van der Waals surface area contributed by atoms with Crippen molar-refractivity contribution in [2.75, 3.05) is 13.2 Å². The third-order valence-corrected chi connectivity index (χ3v) is 13.6. The van der Waals surface area contributed by atoms with Gasteiger partial charge in [0.25, 0.3) is 0 Å². The van der Waals surface area contributed by atoms with E-state index in [0.717, 1.165) is 38.5 Å². The van der Waals surface area contributed by atoms with E-state index < -0.39 is 12.1 Å². The summed E-state index contributed by atoms with van der Waals surface area (Å²) in [6.07, 6.45) is 63.4. The highest BCUT2D eigenvalue weighted by atomic mass is 16.5. The van der Waals surface area contributed by atoms with Crippen LogP contribution < -0.4 is 5.32 Å². The van der Waals surface area contributed by atoms with E-state index in [0.29, 0.717) is 25.9 Å². The van der Waals surface area contributed by atoms with Crippen LogP contribution in [-0.4, -0.2) is 47.4 Å². The molecule has 3 N–H and O–H groups in total. The fourth-order valence-corrected chi connectivity index (χ4v) is 9.11. The van der Waals surface area contributed by atoms with Gasteiger partial charge in [-0.15, -0.1) is 0 Å². The number of rotatable bonds is 54. The van der Waals surface area contributed by atoms with Crippen LogP contribution in [0.4, 0.5) is 0 Å². The Morgan fingerprint density at radius 2 is 0.734 bits per heavy atom. The SMILES string of the molecule is CCCCCCCCCCCCCCCCC(=O)OCCCCCCCCCCC/C=C\CCCCCCCCCC(=O)NC(CO)C(O)CCCCCCCCCCCCCCC. The van der Waals surface area contributed by atoms with Gasteiger partial charge in [0.05, 0.1) is 25.4 Å². The van der Waals surface area contributed by atoms with Gasteiger partial charge in [0, 0.05) is 12.8 Å². The van der Waals surface area contributed by atoms with Gasteiger partial charge in [-0.1, -0.05) is 270 Å². The number of allylic oxidation sites excluding steroid dienone is 2. The number of aliphatic hydroxyl groups excluding tert-OH is 2. The third kappa shape index (κ3) is 50.0. The fourth-order valence-electron chi connectivity index (χ4n) is 9.11. The number of amides is 1. The van der Waals surface area contributed by atoms with Crippen molar-refractivity contribution in [2.45, 2.75) is 334 Å². The molecule has 2 atom stereocenters. The molecule has 0 rings (SSSR count). The highest BCUT2D eigenvalue weighted by molar-refractivity contribution is 5.76. The lowest BCUT2D eigenvalue weighted by molar-refractivity contribution is -0.143. The van der Waals surface area contributed by atoms with E-state index in [-0.39, 0.29) is 18.5 Å². The van der Waals surface area contributed by atoms with Crippen molar-refractivity contribution in [3.8, 4) is 0 Å². The van der Waals surface area contributed by atoms with Crippen LogP contribution in [0.2, 0.25) is 0 Å². The lowest BCUT2D eigenvalue weighted by atomic mass is 10.0. The number of aliphatic hydroxyl groups is 2. The summed E-state index contributed by atoms with van der Waals surface area (Å²) in [6.45, 7) is 4.96. The minimum atomic E-state index is -0.668. The Morgan fingerprint density at radius 1 is 0.422 bits per heavy atom. The summed E-state index contributed by atoms with van der Waals surface area (Å²) in [7, 11) is 0.